The highest BCUT2D eigenvalue weighted by molar-refractivity contribution is 7.18. The largest absolute Gasteiger partial charge is 0.441 e. The number of carbonyl (C=O) groups excluding carboxylic acids is 1. The molecule has 0 aliphatic carbocycles. The predicted octanol–water partition coefficient (Wildman–Crippen LogP) is 2.37. The van der Waals surface area contributed by atoms with Crippen molar-refractivity contribution in [2.24, 2.45) is 0 Å². The number of amides is 1. The van der Waals surface area contributed by atoms with Crippen LogP contribution in [0.2, 0.25) is 0 Å². The smallest absolute Gasteiger partial charge is 0.410 e. The van der Waals surface area contributed by atoms with Gasteiger partial charge in [0.1, 0.15) is 10.6 Å². The number of fused-ring (bicyclic) bond motifs is 1. The zero-order valence-electron chi connectivity index (χ0n) is 11.7. The summed E-state index contributed by atoms with van der Waals surface area (Å²) < 4.78 is 6.84. The molecule has 3 heterocycles. The molecule has 1 aromatic heterocycles. The van der Waals surface area contributed by atoms with Crippen LogP contribution >= 0.6 is 11.3 Å². The summed E-state index contributed by atoms with van der Waals surface area (Å²) >= 11 is 1.65. The third kappa shape index (κ3) is 2.38. The van der Waals surface area contributed by atoms with Crippen LogP contribution in [0.25, 0.3) is 10.2 Å². The predicted molar refractivity (Wildman–Crippen MR) is 81.3 cm³/mol. The number of aromatic nitrogens is 1. The van der Waals surface area contributed by atoms with E-state index < -0.39 is 0 Å². The first-order valence-electron chi connectivity index (χ1n) is 7.27. The molecule has 0 bridgehead atoms. The molecule has 1 N–H and O–H groups in total. The third-order valence-corrected chi connectivity index (χ3v) is 5.24. The Morgan fingerprint density at radius 1 is 1.33 bits per heavy atom. The van der Waals surface area contributed by atoms with Crippen molar-refractivity contribution in [3.8, 4) is 0 Å². The van der Waals surface area contributed by atoms with E-state index in [1.54, 1.807) is 16.2 Å². The van der Waals surface area contributed by atoms with Gasteiger partial charge in [-0.15, -0.1) is 11.3 Å². The average Bonchev–Trinajstić information content (AvgIpc) is 3.01. The quantitative estimate of drug-likeness (QED) is 0.925. The standard InChI is InChI=1S/C15H17N3O2S/c19-14-18(10-15(20-14)5-7-16-8-6-15)9-13-17-11-3-1-2-4-12(11)21-13/h1-4,16H,5-10H2. The van der Waals surface area contributed by atoms with Gasteiger partial charge >= 0.3 is 6.09 Å². The van der Waals surface area contributed by atoms with Gasteiger partial charge in [-0.1, -0.05) is 12.1 Å². The number of para-hydroxylation sites is 1. The van der Waals surface area contributed by atoms with E-state index in [9.17, 15) is 4.79 Å². The van der Waals surface area contributed by atoms with Crippen LogP contribution < -0.4 is 5.32 Å². The van der Waals surface area contributed by atoms with Gasteiger partial charge in [0, 0.05) is 12.8 Å². The third-order valence-electron chi connectivity index (χ3n) is 4.22. The average molecular weight is 303 g/mol. The summed E-state index contributed by atoms with van der Waals surface area (Å²) in [5.41, 5.74) is 0.723. The van der Waals surface area contributed by atoms with Gasteiger partial charge < -0.3 is 10.1 Å². The number of nitrogens with one attached hydrogen (secondary N) is 1. The van der Waals surface area contributed by atoms with E-state index in [0.717, 1.165) is 41.2 Å². The van der Waals surface area contributed by atoms with E-state index in [2.05, 4.69) is 16.4 Å². The van der Waals surface area contributed by atoms with E-state index >= 15 is 0 Å². The number of benzene rings is 1. The fraction of sp³-hybridized carbons (Fsp3) is 0.467. The van der Waals surface area contributed by atoms with Gasteiger partial charge in [-0.2, -0.15) is 0 Å². The van der Waals surface area contributed by atoms with Crippen LogP contribution in [0, 0.1) is 0 Å². The molecule has 0 radical (unpaired) electrons. The molecule has 0 atom stereocenters. The lowest BCUT2D eigenvalue weighted by Gasteiger charge is -2.31. The zero-order chi connectivity index (χ0) is 14.3. The molecule has 21 heavy (non-hydrogen) atoms. The van der Waals surface area contributed by atoms with Crippen LogP contribution in [0.15, 0.2) is 24.3 Å². The number of piperidine rings is 1. The molecule has 0 saturated carbocycles. The Morgan fingerprint density at radius 2 is 2.14 bits per heavy atom. The number of carbonyl (C=O) groups is 1. The van der Waals surface area contributed by atoms with E-state index in [1.165, 1.54) is 0 Å². The molecule has 4 rings (SSSR count). The van der Waals surface area contributed by atoms with Crippen LogP contribution in [0.4, 0.5) is 4.79 Å². The molecule has 2 aliphatic heterocycles. The van der Waals surface area contributed by atoms with Crippen molar-refractivity contribution in [1.29, 1.82) is 0 Å². The maximum absolute atomic E-state index is 12.1. The number of hydrogen-bond acceptors (Lipinski definition) is 5. The van der Waals surface area contributed by atoms with Gasteiger partial charge in [0.2, 0.25) is 0 Å². The second-order valence-electron chi connectivity index (χ2n) is 5.73. The molecule has 1 amide bonds. The molecule has 6 heteroatoms. The molecule has 1 aromatic carbocycles. The van der Waals surface area contributed by atoms with Crippen LogP contribution in [0.3, 0.4) is 0 Å². The lowest BCUT2D eigenvalue weighted by molar-refractivity contribution is 0.0316. The van der Waals surface area contributed by atoms with Crippen molar-refractivity contribution in [2.45, 2.75) is 25.0 Å². The van der Waals surface area contributed by atoms with Crippen molar-refractivity contribution in [3.63, 3.8) is 0 Å². The molecule has 5 nitrogen and oxygen atoms in total. The first-order chi connectivity index (χ1) is 10.2. The van der Waals surface area contributed by atoms with Gasteiger partial charge in [-0.25, -0.2) is 9.78 Å². The molecular formula is C15H17N3O2S. The maximum atomic E-state index is 12.1. The Balaban J connectivity index is 1.52. The molecule has 2 aliphatic rings. The number of rotatable bonds is 2. The van der Waals surface area contributed by atoms with Crippen LogP contribution in [0.1, 0.15) is 17.8 Å². The molecule has 1 spiro atoms. The van der Waals surface area contributed by atoms with Crippen LogP contribution in [-0.4, -0.2) is 41.2 Å². The summed E-state index contributed by atoms with van der Waals surface area (Å²) in [7, 11) is 0. The van der Waals surface area contributed by atoms with Gasteiger partial charge in [-0.3, -0.25) is 4.90 Å². The Hall–Kier alpha value is -1.66. The lowest BCUT2D eigenvalue weighted by Crippen LogP contribution is -2.44. The minimum absolute atomic E-state index is 0.198. The summed E-state index contributed by atoms with van der Waals surface area (Å²) in [6.07, 6.45) is 1.60. The summed E-state index contributed by atoms with van der Waals surface area (Å²) in [5.74, 6) is 0. The van der Waals surface area contributed by atoms with E-state index in [-0.39, 0.29) is 11.7 Å². The van der Waals surface area contributed by atoms with Crippen molar-refractivity contribution < 1.29 is 9.53 Å². The van der Waals surface area contributed by atoms with Crippen molar-refractivity contribution in [1.82, 2.24) is 15.2 Å². The zero-order valence-corrected chi connectivity index (χ0v) is 12.5. The topological polar surface area (TPSA) is 54.5 Å². The molecule has 0 unspecified atom stereocenters. The monoisotopic (exact) mass is 303 g/mol. The van der Waals surface area contributed by atoms with Crippen molar-refractivity contribution in [2.75, 3.05) is 19.6 Å². The normalized spacial score (nSPS) is 21.1. The molecule has 2 saturated heterocycles. The van der Waals surface area contributed by atoms with Crippen molar-refractivity contribution >= 4 is 27.6 Å². The molecule has 110 valence electrons. The van der Waals surface area contributed by atoms with E-state index in [4.69, 9.17) is 4.74 Å². The summed E-state index contributed by atoms with van der Waals surface area (Å²) in [5, 5.41) is 4.28. The lowest BCUT2D eigenvalue weighted by atomic mass is 9.92. The van der Waals surface area contributed by atoms with Gasteiger partial charge in [-0.05, 0) is 25.2 Å². The highest BCUT2D eigenvalue weighted by atomic mass is 32.1. The summed E-state index contributed by atoms with van der Waals surface area (Å²) in [6.45, 7) is 3.07. The maximum Gasteiger partial charge on any atom is 0.410 e. The second kappa shape index (κ2) is 4.96. The van der Waals surface area contributed by atoms with Gasteiger partial charge in [0.05, 0.1) is 23.3 Å². The van der Waals surface area contributed by atoms with Crippen molar-refractivity contribution in [3.05, 3.63) is 29.3 Å². The Morgan fingerprint density at radius 3 is 2.95 bits per heavy atom. The molecule has 2 fully saturated rings. The van der Waals surface area contributed by atoms with Crippen LogP contribution in [-0.2, 0) is 11.3 Å². The van der Waals surface area contributed by atoms with Crippen LogP contribution in [0.5, 0.6) is 0 Å². The number of ether oxygens (including phenoxy) is 1. The minimum atomic E-state index is -0.279. The number of thiazole rings is 1. The number of hydrogen-bond donors (Lipinski definition) is 1. The Labute approximate surface area is 126 Å². The first-order valence-corrected chi connectivity index (χ1v) is 8.09. The fourth-order valence-electron chi connectivity index (χ4n) is 3.11. The second-order valence-corrected chi connectivity index (χ2v) is 6.85. The molecular weight excluding hydrogens is 286 g/mol. The SMILES string of the molecule is O=C1OC2(CCNCC2)CN1Cc1nc2ccccc2s1. The van der Waals surface area contributed by atoms with Gasteiger partial charge in [0.25, 0.3) is 0 Å². The summed E-state index contributed by atoms with van der Waals surface area (Å²) in [6, 6.07) is 8.07. The first kappa shape index (κ1) is 13.0. The van der Waals surface area contributed by atoms with E-state index in [1.807, 2.05) is 18.2 Å². The summed E-state index contributed by atoms with van der Waals surface area (Å²) in [4.78, 5) is 18.5. The number of nitrogens with zero attached hydrogens (tertiary/aromatic N) is 2. The van der Waals surface area contributed by atoms with Gasteiger partial charge in [0.15, 0.2) is 0 Å². The highest BCUT2D eigenvalue weighted by Crippen LogP contribution is 2.32. The van der Waals surface area contributed by atoms with E-state index in [0.29, 0.717) is 13.1 Å². The molecule has 2 aromatic rings. The fourth-order valence-corrected chi connectivity index (χ4v) is 4.09. The minimum Gasteiger partial charge on any atom is -0.441 e. The Bertz CT molecular complexity index is 645. The Kier molecular flexibility index (Phi) is 3.08. The highest BCUT2D eigenvalue weighted by Gasteiger charge is 2.45.